The molecule has 4 rings (SSSR count). The maximum absolute atomic E-state index is 12.9. The van der Waals surface area contributed by atoms with Crippen LogP contribution in [0, 0.1) is 0 Å². The van der Waals surface area contributed by atoms with E-state index in [1.807, 2.05) is 21.7 Å². The van der Waals surface area contributed by atoms with E-state index in [2.05, 4.69) is 10.4 Å². The largest absolute Gasteiger partial charge is 0.335 e. The van der Waals surface area contributed by atoms with Crippen molar-refractivity contribution in [1.29, 1.82) is 0 Å². The number of nitrogens with zero attached hydrogens (tertiary/aromatic N) is 4. The van der Waals surface area contributed by atoms with Crippen LogP contribution in [0.1, 0.15) is 28.9 Å². The summed E-state index contributed by atoms with van der Waals surface area (Å²) in [7, 11) is 0. The SMILES string of the molecule is O=C(Nc1ccccc1Cl)N1CCN(C(=O)c2cnn3c2CCCC3)CC1. The molecule has 1 aromatic carbocycles. The second-order valence-electron chi connectivity index (χ2n) is 6.87. The van der Waals surface area contributed by atoms with Crippen LogP contribution in [0.3, 0.4) is 0 Å². The zero-order valence-corrected chi connectivity index (χ0v) is 15.8. The van der Waals surface area contributed by atoms with Gasteiger partial charge in [-0.2, -0.15) is 5.10 Å². The maximum Gasteiger partial charge on any atom is 0.322 e. The number of hydrogen-bond donors (Lipinski definition) is 1. The van der Waals surface area contributed by atoms with E-state index in [0.717, 1.165) is 31.5 Å². The Balaban J connectivity index is 1.36. The lowest BCUT2D eigenvalue weighted by Gasteiger charge is -2.34. The fourth-order valence-electron chi connectivity index (χ4n) is 3.64. The quantitative estimate of drug-likeness (QED) is 0.861. The standard InChI is InChI=1S/C19H22ClN5O2/c20-15-5-1-2-6-16(15)22-19(27)24-11-9-23(10-12-24)18(26)14-13-21-25-8-4-3-7-17(14)25/h1-2,5-6,13H,3-4,7-12H2,(H,22,27). The van der Waals surface area contributed by atoms with Crippen molar-refractivity contribution in [2.75, 3.05) is 31.5 Å². The number of aromatic nitrogens is 2. The lowest BCUT2D eigenvalue weighted by molar-refractivity contribution is 0.0670. The molecule has 1 fully saturated rings. The van der Waals surface area contributed by atoms with E-state index >= 15 is 0 Å². The van der Waals surface area contributed by atoms with Crippen molar-refractivity contribution < 1.29 is 9.59 Å². The van der Waals surface area contributed by atoms with Crippen molar-refractivity contribution in [3.05, 3.63) is 46.7 Å². The highest BCUT2D eigenvalue weighted by molar-refractivity contribution is 6.33. The highest BCUT2D eigenvalue weighted by Gasteiger charge is 2.28. The summed E-state index contributed by atoms with van der Waals surface area (Å²) in [5.74, 6) is 0.0179. The third-order valence-electron chi connectivity index (χ3n) is 5.18. The molecule has 0 bridgehead atoms. The molecule has 0 saturated carbocycles. The number of carbonyl (C=O) groups excluding carboxylic acids is 2. The number of fused-ring (bicyclic) bond motifs is 1. The van der Waals surface area contributed by atoms with Gasteiger partial charge in [0.25, 0.3) is 5.91 Å². The molecule has 27 heavy (non-hydrogen) atoms. The molecule has 1 saturated heterocycles. The molecule has 3 amide bonds. The predicted octanol–water partition coefficient (Wildman–Crippen LogP) is 2.86. The first kappa shape index (κ1) is 17.9. The lowest BCUT2D eigenvalue weighted by Crippen LogP contribution is -2.51. The Kier molecular flexibility index (Phi) is 5.03. The van der Waals surface area contributed by atoms with Crippen LogP contribution in [-0.4, -0.2) is 57.7 Å². The summed E-state index contributed by atoms with van der Waals surface area (Å²) >= 11 is 6.09. The molecule has 1 N–H and O–H groups in total. The highest BCUT2D eigenvalue weighted by Crippen LogP contribution is 2.22. The van der Waals surface area contributed by atoms with Crippen LogP contribution in [0.25, 0.3) is 0 Å². The van der Waals surface area contributed by atoms with Gasteiger partial charge in [0.15, 0.2) is 0 Å². The van der Waals surface area contributed by atoms with Crippen molar-refractivity contribution >= 4 is 29.2 Å². The van der Waals surface area contributed by atoms with E-state index in [0.29, 0.717) is 42.5 Å². The minimum absolute atomic E-state index is 0.0179. The second-order valence-corrected chi connectivity index (χ2v) is 7.28. The number of aryl methyl sites for hydroxylation is 1. The van der Waals surface area contributed by atoms with Gasteiger partial charge in [-0.15, -0.1) is 0 Å². The zero-order chi connectivity index (χ0) is 18.8. The smallest absolute Gasteiger partial charge is 0.322 e. The van der Waals surface area contributed by atoms with Crippen molar-refractivity contribution in [3.63, 3.8) is 0 Å². The highest BCUT2D eigenvalue weighted by atomic mass is 35.5. The number of urea groups is 1. The van der Waals surface area contributed by atoms with Gasteiger partial charge in [0, 0.05) is 32.7 Å². The molecule has 3 heterocycles. The predicted molar refractivity (Wildman–Crippen MR) is 103 cm³/mol. The van der Waals surface area contributed by atoms with Crippen LogP contribution >= 0.6 is 11.6 Å². The van der Waals surface area contributed by atoms with Crippen LogP contribution in [-0.2, 0) is 13.0 Å². The van der Waals surface area contributed by atoms with Crippen LogP contribution in [0.4, 0.5) is 10.5 Å². The zero-order valence-electron chi connectivity index (χ0n) is 15.0. The topological polar surface area (TPSA) is 70.5 Å². The number of nitrogens with one attached hydrogen (secondary N) is 1. The first-order chi connectivity index (χ1) is 13.1. The average Bonchev–Trinajstić information content (AvgIpc) is 3.13. The number of piperazine rings is 1. The Morgan fingerprint density at radius 2 is 1.74 bits per heavy atom. The summed E-state index contributed by atoms with van der Waals surface area (Å²) in [6.07, 6.45) is 4.81. The lowest BCUT2D eigenvalue weighted by atomic mass is 10.1. The van der Waals surface area contributed by atoms with Crippen LogP contribution in [0.15, 0.2) is 30.5 Å². The molecule has 0 spiro atoms. The second kappa shape index (κ2) is 7.60. The van der Waals surface area contributed by atoms with Gasteiger partial charge in [-0.3, -0.25) is 9.48 Å². The fourth-order valence-corrected chi connectivity index (χ4v) is 3.82. The summed E-state index contributed by atoms with van der Waals surface area (Å²) in [5, 5.41) is 7.69. The number of benzene rings is 1. The van der Waals surface area contributed by atoms with Crippen molar-refractivity contribution in [3.8, 4) is 0 Å². The fraction of sp³-hybridized carbons (Fsp3) is 0.421. The summed E-state index contributed by atoms with van der Waals surface area (Å²) in [5.41, 5.74) is 2.35. The number of anilines is 1. The Morgan fingerprint density at radius 1 is 1.00 bits per heavy atom. The molecular formula is C19H22ClN5O2. The molecule has 2 aromatic rings. The third-order valence-corrected chi connectivity index (χ3v) is 5.51. The third kappa shape index (κ3) is 3.64. The Morgan fingerprint density at radius 3 is 2.52 bits per heavy atom. The van der Waals surface area contributed by atoms with Gasteiger partial charge in [0.2, 0.25) is 0 Å². The van der Waals surface area contributed by atoms with Gasteiger partial charge in [-0.1, -0.05) is 23.7 Å². The Hall–Kier alpha value is -2.54. The number of hydrogen-bond acceptors (Lipinski definition) is 3. The number of halogens is 1. The van der Waals surface area contributed by atoms with Crippen LogP contribution < -0.4 is 5.32 Å². The molecule has 2 aliphatic rings. The van der Waals surface area contributed by atoms with Crippen molar-refractivity contribution in [2.24, 2.45) is 0 Å². The monoisotopic (exact) mass is 387 g/mol. The van der Waals surface area contributed by atoms with E-state index in [1.54, 1.807) is 23.2 Å². The van der Waals surface area contributed by atoms with Gasteiger partial charge in [0.1, 0.15) is 0 Å². The Bertz CT molecular complexity index is 858. The normalized spacial score (nSPS) is 16.8. The van der Waals surface area contributed by atoms with E-state index < -0.39 is 0 Å². The average molecular weight is 388 g/mol. The molecule has 0 unspecified atom stereocenters. The number of carbonyl (C=O) groups is 2. The van der Waals surface area contributed by atoms with Gasteiger partial charge in [-0.25, -0.2) is 4.79 Å². The molecule has 2 aliphatic heterocycles. The molecule has 0 atom stereocenters. The van der Waals surface area contributed by atoms with Gasteiger partial charge >= 0.3 is 6.03 Å². The van der Waals surface area contributed by atoms with E-state index in [9.17, 15) is 9.59 Å². The molecule has 8 heteroatoms. The summed E-state index contributed by atoms with van der Waals surface area (Å²) in [6, 6.07) is 6.95. The first-order valence-electron chi connectivity index (χ1n) is 9.28. The van der Waals surface area contributed by atoms with E-state index in [-0.39, 0.29) is 11.9 Å². The molecule has 142 valence electrons. The van der Waals surface area contributed by atoms with Gasteiger partial charge in [-0.05, 0) is 31.4 Å². The summed E-state index contributed by atoms with van der Waals surface area (Å²) in [6.45, 7) is 2.90. The Labute approximate surface area is 162 Å². The number of rotatable bonds is 2. The summed E-state index contributed by atoms with van der Waals surface area (Å²) in [4.78, 5) is 28.9. The van der Waals surface area contributed by atoms with Crippen molar-refractivity contribution in [2.45, 2.75) is 25.8 Å². The van der Waals surface area contributed by atoms with Crippen molar-refractivity contribution in [1.82, 2.24) is 19.6 Å². The molecular weight excluding hydrogens is 366 g/mol. The molecule has 0 radical (unpaired) electrons. The molecule has 0 aliphatic carbocycles. The number of para-hydroxylation sites is 1. The minimum Gasteiger partial charge on any atom is -0.335 e. The molecule has 1 aromatic heterocycles. The number of amides is 3. The van der Waals surface area contributed by atoms with E-state index in [4.69, 9.17) is 11.6 Å². The van der Waals surface area contributed by atoms with Gasteiger partial charge < -0.3 is 15.1 Å². The van der Waals surface area contributed by atoms with Gasteiger partial charge in [0.05, 0.1) is 28.2 Å². The molecule has 7 nitrogen and oxygen atoms in total. The van der Waals surface area contributed by atoms with E-state index in [1.165, 1.54) is 0 Å². The minimum atomic E-state index is -0.196. The first-order valence-corrected chi connectivity index (χ1v) is 9.65. The summed E-state index contributed by atoms with van der Waals surface area (Å²) < 4.78 is 1.95. The van der Waals surface area contributed by atoms with Crippen LogP contribution in [0.5, 0.6) is 0 Å². The van der Waals surface area contributed by atoms with Crippen LogP contribution in [0.2, 0.25) is 5.02 Å². The maximum atomic E-state index is 12.9.